The van der Waals surface area contributed by atoms with Gasteiger partial charge in [-0.25, -0.2) is 41.3 Å². The summed E-state index contributed by atoms with van der Waals surface area (Å²) in [6, 6.07) is 18.0. The summed E-state index contributed by atoms with van der Waals surface area (Å²) in [7, 11) is -1.78. The van der Waals surface area contributed by atoms with Gasteiger partial charge in [-0.15, -0.1) is 0 Å². The first-order valence-corrected chi connectivity index (χ1v) is 39.2. The van der Waals surface area contributed by atoms with Crippen LogP contribution in [0.2, 0.25) is 19.6 Å². The minimum absolute atomic E-state index is 0.0208. The van der Waals surface area contributed by atoms with Gasteiger partial charge < -0.3 is 70.0 Å². The fraction of sp³-hybridized carbons (Fsp3) is 0.589. The quantitative estimate of drug-likeness (QED) is 0.0279. The number of amides is 2. The number of aryl methyl sites for hydroxylation is 4. The van der Waals surface area contributed by atoms with Crippen molar-refractivity contribution in [3.63, 3.8) is 0 Å². The molecule has 35 heteroatoms. The summed E-state index contributed by atoms with van der Waals surface area (Å²) >= 11 is 5.67. The smallest absolute Gasteiger partial charge is 0.351 e. The molecule has 108 heavy (non-hydrogen) atoms. The molecule has 0 spiro atoms. The van der Waals surface area contributed by atoms with Gasteiger partial charge in [0.2, 0.25) is 8.32 Å². The number of H-pyrrole nitrogens is 1. The van der Waals surface area contributed by atoms with Crippen molar-refractivity contribution in [2.45, 2.75) is 244 Å². The van der Waals surface area contributed by atoms with Crippen LogP contribution in [-0.2, 0) is 23.7 Å². The number of benzene rings is 2. The normalized spacial score (nSPS) is 31.7. The molecule has 598 valence electrons. The van der Waals surface area contributed by atoms with Crippen LogP contribution in [0.5, 0.6) is 6.01 Å². The van der Waals surface area contributed by atoms with E-state index in [1.54, 1.807) is 70.3 Å². The van der Waals surface area contributed by atoms with Crippen LogP contribution in [-0.4, -0.2) is 180 Å². The molecule has 5 aliphatic rings. The Bertz CT molecular complexity index is 4240. The van der Waals surface area contributed by atoms with E-state index in [4.69, 9.17) is 60.8 Å². The standard InChI is InChI=1S/C20H24FN3O3.C15H19N3O2Si.C11H16FN3O4.C11H15FN2O5.C8H14ClFO.C8H15FO2/c1-5-15-13(3)20(4,21)18(27-15)24-11-12(2)16(23-19(24)26)22-17(25)14-9-7-6-8-10-14;1-11-10-16-15(20-21(2,3)4)18-13(11)17-14(19)12-8-6-5-7-9-12;1-5-3-15(10(18)14-8(5)13)9-11(2,12)7(17)6(4-16)19-9;1-5-3-14(10(18)13-8(5)17)9-11(2,12)7(16)6(4-15)19-9;1-4-6-5(2)8(3,10)7(9)11-6;1-4-6-5(2)8(3,9)7(10)11-6/h6-11,13,15,18H,5H2,1-4H3,(H,22,23,25,26);5-10H,1-4H3,(H,16,17,18,19);3,6-7,9,16-17H,4H2,1-2H3,(H2,13,14,18);3,6-7,9,15-16H,4H2,1-2H3,(H,13,17,18);5-7H,4H2,1-3H3;5-7,10H,4H2,1-3H3/t13-,15-,18-,20-;;2*6-,7-,9-,11-;2*5-,6-,7?,8-/m1.1111/s1. The van der Waals surface area contributed by atoms with Crippen LogP contribution in [0.4, 0.5) is 39.4 Å². The number of carbonyl (C=O) groups excluding carboxylic acids is 2. The lowest BCUT2D eigenvalue weighted by molar-refractivity contribution is -0.138. The largest absolute Gasteiger partial charge is 0.518 e. The van der Waals surface area contributed by atoms with E-state index in [1.165, 1.54) is 44.7 Å². The van der Waals surface area contributed by atoms with Gasteiger partial charge in [-0.3, -0.25) is 33.1 Å². The zero-order valence-corrected chi connectivity index (χ0v) is 65.6. The molecule has 20 atom stereocenters. The molecule has 9 heterocycles. The van der Waals surface area contributed by atoms with E-state index < -0.39 is 127 Å². The highest BCUT2D eigenvalue weighted by molar-refractivity contribution is 6.70. The number of anilines is 3. The Labute approximate surface area is 628 Å². The highest BCUT2D eigenvalue weighted by Crippen LogP contribution is 2.47. The molecule has 28 nitrogen and oxygen atoms in total. The molecule has 5 aliphatic heterocycles. The van der Waals surface area contributed by atoms with E-state index in [2.05, 4.69) is 50.2 Å². The van der Waals surface area contributed by atoms with Crippen LogP contribution < -0.4 is 43.4 Å². The molecule has 0 aliphatic carbocycles. The molecule has 4 aromatic heterocycles. The van der Waals surface area contributed by atoms with Gasteiger partial charge in [0, 0.05) is 75.9 Å². The van der Waals surface area contributed by atoms with Crippen molar-refractivity contribution >= 4 is 49.2 Å². The Morgan fingerprint density at radius 2 is 0.963 bits per heavy atom. The number of carbonyl (C=O) groups is 2. The molecule has 0 bridgehead atoms. The third-order valence-electron chi connectivity index (χ3n) is 19.8. The third-order valence-corrected chi connectivity index (χ3v) is 21.1. The number of halogens is 6. The number of rotatable bonds is 14. The van der Waals surface area contributed by atoms with Gasteiger partial charge in [0.05, 0.1) is 31.5 Å². The SMILES string of the molecule is CC[C@H]1OC(Cl)[C@](C)(F)[C@@H]1C.CC[C@H]1OC(O)[C@](C)(F)[C@@H]1C.CC[C@H]1O[C@@H](n2cc(C)c(NC(=O)c3ccccc3)nc2=O)[C@](C)(F)[C@@H]1C.Cc1cn([C@@H]2O[C@H](CO)[C@@H](O)[C@@]2(C)F)c(=O)[nH]c1=O.Cc1cn([C@@H]2O[C@H](CO)[C@@H](O)[C@@]2(C)F)c(=O)nc1N.Cc1cnc(O[Si](C)(C)C)nc1NC(=O)c1ccccc1. The second-order valence-electron chi connectivity index (χ2n) is 29.2. The van der Waals surface area contributed by atoms with Crippen LogP contribution in [0, 0.1) is 45.4 Å². The number of nitrogens with two attached hydrogens (primary N) is 1. The molecule has 11 rings (SSSR count). The number of aromatic amines is 1. The number of nitrogen functional groups attached to an aromatic ring is 1. The van der Waals surface area contributed by atoms with Crippen molar-refractivity contribution in [3.05, 3.63) is 161 Å². The van der Waals surface area contributed by atoms with Crippen LogP contribution in [0.25, 0.3) is 0 Å². The molecule has 2 unspecified atom stereocenters. The Morgan fingerprint density at radius 1 is 0.565 bits per heavy atom. The lowest BCUT2D eigenvalue weighted by Gasteiger charge is -2.26. The van der Waals surface area contributed by atoms with Gasteiger partial charge in [-0.2, -0.15) is 15.0 Å². The van der Waals surface area contributed by atoms with E-state index in [0.29, 0.717) is 40.5 Å². The fourth-order valence-corrected chi connectivity index (χ4v) is 13.2. The molecule has 5 fully saturated rings. The number of aliphatic hydroxyl groups excluding tert-OH is 5. The van der Waals surface area contributed by atoms with Crippen molar-refractivity contribution in [1.29, 1.82) is 0 Å². The van der Waals surface area contributed by atoms with Crippen LogP contribution in [0.1, 0.15) is 157 Å². The van der Waals surface area contributed by atoms with Crippen molar-refractivity contribution in [1.82, 2.24) is 38.6 Å². The van der Waals surface area contributed by atoms with E-state index in [-0.39, 0.29) is 65.1 Å². The Morgan fingerprint density at radius 3 is 1.36 bits per heavy atom. The molecule has 10 N–H and O–H groups in total. The van der Waals surface area contributed by atoms with Crippen molar-refractivity contribution < 1.29 is 85.2 Å². The van der Waals surface area contributed by atoms with Crippen LogP contribution in [0.15, 0.2) is 105 Å². The summed E-state index contributed by atoms with van der Waals surface area (Å²) in [5.41, 5.74) is -4.20. The Hall–Kier alpha value is -7.74. The third kappa shape index (κ3) is 20.6. The summed E-state index contributed by atoms with van der Waals surface area (Å²) < 4.78 is 106. The van der Waals surface area contributed by atoms with Gasteiger partial charge in [0.1, 0.15) is 41.9 Å². The van der Waals surface area contributed by atoms with Crippen molar-refractivity contribution in [2.75, 3.05) is 29.6 Å². The Balaban J connectivity index is 0.000000208. The first kappa shape index (κ1) is 89.2. The summed E-state index contributed by atoms with van der Waals surface area (Å²) in [5, 5.41) is 52.1. The number of nitrogens with one attached hydrogen (secondary N) is 3. The number of hydrogen-bond donors (Lipinski definition) is 9. The second-order valence-corrected chi connectivity index (χ2v) is 34.0. The van der Waals surface area contributed by atoms with Gasteiger partial charge in [0.15, 0.2) is 58.9 Å². The molecule has 6 aromatic rings. The number of ether oxygens (including phenoxy) is 5. The predicted molar refractivity (Wildman–Crippen MR) is 396 cm³/mol. The molecule has 0 radical (unpaired) electrons. The lowest BCUT2D eigenvalue weighted by atomic mass is 9.88. The monoisotopic (exact) mass is 1560 g/mol. The molecule has 0 saturated carbocycles. The maximum Gasteiger partial charge on any atom is 0.351 e. The van der Waals surface area contributed by atoms with Crippen LogP contribution in [0.3, 0.4) is 0 Å². The maximum absolute atomic E-state index is 15.3. The predicted octanol–water partition coefficient (Wildman–Crippen LogP) is 8.87. The topological polar surface area (TPSA) is 391 Å². The summed E-state index contributed by atoms with van der Waals surface area (Å²) in [6.45, 7) is 29.4. The minimum Gasteiger partial charge on any atom is -0.518 e. The molecule has 5 saturated heterocycles. The maximum atomic E-state index is 15.3. The summed E-state index contributed by atoms with van der Waals surface area (Å²) in [4.78, 5) is 89.7. The molecule has 2 amide bonds. The van der Waals surface area contributed by atoms with Gasteiger partial charge in [0.25, 0.3) is 17.4 Å². The zero-order chi connectivity index (χ0) is 81.3. The van der Waals surface area contributed by atoms with E-state index >= 15 is 4.39 Å². The minimum atomic E-state index is -2.26. The van der Waals surface area contributed by atoms with E-state index in [1.807, 2.05) is 63.9 Å². The van der Waals surface area contributed by atoms with Crippen molar-refractivity contribution in [2.24, 2.45) is 17.8 Å². The Kier molecular flexibility index (Phi) is 30.0. The van der Waals surface area contributed by atoms with Gasteiger partial charge in [-0.05, 0) is 125 Å². The lowest BCUT2D eigenvalue weighted by Crippen LogP contribution is -2.44. The van der Waals surface area contributed by atoms with Crippen LogP contribution >= 0.6 is 11.6 Å². The van der Waals surface area contributed by atoms with Crippen molar-refractivity contribution in [3.8, 4) is 6.01 Å². The average molecular weight is 1570 g/mol. The number of nitrogens with zero attached hydrogens (tertiary/aromatic N) is 7. The summed E-state index contributed by atoms with van der Waals surface area (Å²) in [6.07, 6.45) is -2.97. The second kappa shape index (κ2) is 36.4. The molecular formula is C73H103ClF5N11O17Si. The highest BCUT2D eigenvalue weighted by atomic mass is 35.5. The van der Waals surface area contributed by atoms with E-state index in [9.17, 15) is 56.5 Å². The first-order valence-electron chi connectivity index (χ1n) is 35.3. The molecular weight excluding hydrogens is 1460 g/mol. The number of aromatic nitrogens is 8. The molecule has 2 aromatic carbocycles. The number of aliphatic hydroxyl groups is 5. The highest BCUT2D eigenvalue weighted by Gasteiger charge is 2.58. The zero-order valence-electron chi connectivity index (χ0n) is 63.9. The summed E-state index contributed by atoms with van der Waals surface area (Å²) in [5.74, 6) is -0.545. The number of hydrogen-bond acceptors (Lipinski definition) is 22. The van der Waals surface area contributed by atoms with Gasteiger partial charge in [-0.1, -0.05) is 89.5 Å². The van der Waals surface area contributed by atoms with Gasteiger partial charge >= 0.3 is 23.1 Å². The first-order chi connectivity index (χ1) is 50.2. The van der Waals surface area contributed by atoms with E-state index in [0.717, 1.165) is 47.6 Å². The number of alkyl halides is 6. The fourth-order valence-electron chi connectivity index (χ4n) is 12.2. The average Bonchev–Trinajstić information content (AvgIpc) is 1.60.